The van der Waals surface area contributed by atoms with Gasteiger partial charge in [-0.3, -0.25) is 24.3 Å². The van der Waals surface area contributed by atoms with Crippen LogP contribution in [0.1, 0.15) is 102 Å². The Hall–Kier alpha value is -5.86. The van der Waals surface area contributed by atoms with E-state index in [0.29, 0.717) is 134 Å². The summed E-state index contributed by atoms with van der Waals surface area (Å²) in [6.07, 6.45) is 8.77. The van der Waals surface area contributed by atoms with Crippen molar-refractivity contribution in [1.29, 1.82) is 5.26 Å². The van der Waals surface area contributed by atoms with E-state index < -0.39 is 23.6 Å². The molecule has 3 atom stereocenters. The van der Waals surface area contributed by atoms with Gasteiger partial charge in [-0.05, 0) is 74.2 Å². The molecule has 2 aromatic heterocycles. The van der Waals surface area contributed by atoms with E-state index in [2.05, 4.69) is 36.9 Å². The second-order valence-electron chi connectivity index (χ2n) is 22.6. The quantitative estimate of drug-likeness (QED) is 0.0281. The van der Waals surface area contributed by atoms with Gasteiger partial charge < -0.3 is 59.3 Å². The lowest BCUT2D eigenvalue weighted by molar-refractivity contribution is -0.142. The summed E-state index contributed by atoms with van der Waals surface area (Å²) in [5.41, 5.74) is 6.41. The molecular weight excluding hydrogens is 1150 g/mol. The fraction of sp³-hybridized carbons (Fsp3) is 0.556. The number of ether oxygens (including phenoxy) is 6. The molecule has 3 aromatic carbocycles. The number of piperazine rings is 1. The summed E-state index contributed by atoms with van der Waals surface area (Å²) in [4.78, 5) is 56.3. The van der Waals surface area contributed by atoms with Gasteiger partial charge in [0.1, 0.15) is 17.9 Å². The first-order valence-corrected chi connectivity index (χ1v) is 31.3. The van der Waals surface area contributed by atoms with Crippen LogP contribution in [0, 0.1) is 23.7 Å². The smallest absolute Gasteiger partial charge is 0.243 e. The number of halogens is 2. The minimum Gasteiger partial charge on any atom is -0.495 e. The molecular formula is C63H85Cl2N9O10S. The first kappa shape index (κ1) is 66.7. The number of carbonyl (C=O) groups excluding carboxylic acids is 3. The monoisotopic (exact) mass is 1230 g/mol. The summed E-state index contributed by atoms with van der Waals surface area (Å²) in [6, 6.07) is 15.9. The number of carbonyl (C=O) groups is 3. The first-order valence-electron chi connectivity index (χ1n) is 29.6. The number of anilines is 2. The van der Waals surface area contributed by atoms with E-state index in [4.69, 9.17) is 51.6 Å². The van der Waals surface area contributed by atoms with Gasteiger partial charge in [-0.1, -0.05) is 87.5 Å². The molecule has 2 fully saturated rings. The summed E-state index contributed by atoms with van der Waals surface area (Å²) in [5.74, 6) is 1.27. The lowest BCUT2D eigenvalue weighted by atomic mass is 9.85. The Morgan fingerprint density at radius 2 is 1.49 bits per heavy atom. The van der Waals surface area contributed by atoms with Crippen molar-refractivity contribution in [3.05, 3.63) is 87.1 Å². The van der Waals surface area contributed by atoms with Crippen LogP contribution in [0.15, 0.2) is 60.2 Å². The molecule has 2 aliphatic rings. The number of aromatic nitrogens is 2. The molecule has 4 heterocycles. The maximum Gasteiger partial charge on any atom is 0.243 e. The van der Waals surface area contributed by atoms with Gasteiger partial charge in [0.2, 0.25) is 17.7 Å². The van der Waals surface area contributed by atoms with E-state index in [1.54, 1.807) is 47.6 Å². The number of thiazole rings is 1. The number of methoxy groups -OCH3 is 2. The molecule has 22 heteroatoms. The molecule has 4 N–H and O–H groups in total. The fourth-order valence-corrected chi connectivity index (χ4v) is 11.8. The van der Waals surface area contributed by atoms with E-state index in [1.165, 1.54) is 13.3 Å². The highest BCUT2D eigenvalue weighted by atomic mass is 35.5. The van der Waals surface area contributed by atoms with E-state index in [-0.39, 0.29) is 30.7 Å². The van der Waals surface area contributed by atoms with Crippen molar-refractivity contribution in [1.82, 2.24) is 35.3 Å². The molecule has 1 unspecified atom stereocenters. The Morgan fingerprint density at radius 1 is 0.812 bits per heavy atom. The minimum absolute atomic E-state index is 0.132. The van der Waals surface area contributed by atoms with Gasteiger partial charge in [0.15, 0.2) is 11.5 Å². The standard InChI is InChI=1S/C63H85Cl2N9O10S/c1-43-59(85-42-70-43)45-18-16-44(17-19-45)39-69-61(77)53-33-47(75)41-74(53)62(78)60(63(2,3)4)67-20-11-7-8-12-26-81-29-31-83-32-30-82-27-13-9-10-15-57(76)73-24-22-72(23-25-73)21-14-28-84-56-36-51-48(34-55(56)80-6)58(46(38-66)40-68-51)71-52-37-54(79-5)50(65)35-49(52)64/h16-19,34-37,40,42,47,53,60,67,75H,7-15,20-33,39,41H2,1-6H3,(H,68,71)(H,69,77)/t47-,53+,60?/m1/s1. The van der Waals surface area contributed by atoms with Crippen LogP contribution in [-0.2, 0) is 35.1 Å². The second-order valence-corrected chi connectivity index (χ2v) is 24.3. The Bertz CT molecular complexity index is 2990. The summed E-state index contributed by atoms with van der Waals surface area (Å²) in [7, 11) is 3.08. The number of aliphatic hydroxyl groups excluding tert-OH is 1. The van der Waals surface area contributed by atoms with E-state index in [0.717, 1.165) is 92.7 Å². The van der Waals surface area contributed by atoms with E-state index in [9.17, 15) is 24.8 Å². The maximum atomic E-state index is 14.0. The van der Waals surface area contributed by atoms with E-state index >= 15 is 0 Å². The van der Waals surface area contributed by atoms with Gasteiger partial charge in [0.05, 0.1) is 108 Å². The number of unbranched alkanes of at least 4 members (excludes halogenated alkanes) is 5. The predicted molar refractivity (Wildman–Crippen MR) is 333 cm³/mol. The number of hydrogen-bond donors (Lipinski definition) is 4. The highest BCUT2D eigenvalue weighted by Crippen LogP contribution is 2.41. The number of nitriles is 1. The van der Waals surface area contributed by atoms with Crippen molar-refractivity contribution >= 4 is 74.5 Å². The van der Waals surface area contributed by atoms with Crippen LogP contribution >= 0.6 is 34.5 Å². The number of pyridine rings is 1. The number of fused-ring (bicyclic) bond motifs is 1. The number of benzene rings is 3. The van der Waals surface area contributed by atoms with Crippen LogP contribution in [0.5, 0.6) is 17.2 Å². The van der Waals surface area contributed by atoms with Crippen molar-refractivity contribution in [2.45, 2.75) is 117 Å². The van der Waals surface area contributed by atoms with Crippen LogP contribution in [0.2, 0.25) is 10.0 Å². The molecule has 3 amide bonds. The first-order chi connectivity index (χ1) is 41.1. The number of nitrogens with zero attached hydrogens (tertiary/aromatic N) is 6. The Balaban J connectivity index is 0.662. The number of hydrogen-bond acceptors (Lipinski definition) is 17. The van der Waals surface area contributed by atoms with Gasteiger partial charge >= 0.3 is 0 Å². The van der Waals surface area contributed by atoms with Crippen LogP contribution in [0.4, 0.5) is 11.4 Å². The van der Waals surface area contributed by atoms with Crippen molar-refractivity contribution in [3.63, 3.8) is 0 Å². The van der Waals surface area contributed by atoms with Crippen LogP contribution in [-0.4, -0.2) is 172 Å². The molecule has 0 spiro atoms. The molecule has 19 nitrogen and oxygen atoms in total. The number of nitrogens with one attached hydrogen (secondary N) is 3. The van der Waals surface area contributed by atoms with Gasteiger partial charge in [-0.2, -0.15) is 5.26 Å². The SMILES string of the molecule is COc1cc(Nc2c(C#N)cnc3cc(OCCCN4CCN(C(=O)CCCCCOCCOCCOCCCCCCNC(C(=O)N5C[C@H](O)C[C@H]5C(=O)NCc5ccc(-c6scnc6C)cc5)C(C)(C)C)CC4)c(OC)cc23)c(Cl)cc1Cl. The topological polar surface area (TPSA) is 222 Å². The average Bonchev–Trinajstić information content (AvgIpc) is 2.40. The third-order valence-electron chi connectivity index (χ3n) is 15.3. The molecule has 0 aliphatic carbocycles. The summed E-state index contributed by atoms with van der Waals surface area (Å²) in [6.45, 7) is 16.9. The fourth-order valence-electron chi connectivity index (χ4n) is 10.5. The largest absolute Gasteiger partial charge is 0.495 e. The molecule has 462 valence electrons. The Kier molecular flexibility index (Phi) is 26.6. The molecule has 0 saturated carbocycles. The molecule has 2 aliphatic heterocycles. The zero-order chi connectivity index (χ0) is 60.7. The number of amides is 3. The van der Waals surface area contributed by atoms with E-state index in [1.807, 2.05) is 62.4 Å². The van der Waals surface area contributed by atoms with Gasteiger partial charge in [-0.15, -0.1) is 11.3 Å². The number of β-amino-alcohol motifs (C(OH)–C–C–N with tert-alkyl or cyclic N) is 1. The zero-order valence-corrected chi connectivity index (χ0v) is 52.5. The molecule has 0 radical (unpaired) electrons. The second kappa shape index (κ2) is 33.9. The van der Waals surface area contributed by atoms with Gasteiger partial charge in [0.25, 0.3) is 0 Å². The average molecular weight is 1230 g/mol. The predicted octanol–water partition coefficient (Wildman–Crippen LogP) is 9.97. The Labute approximate surface area is 514 Å². The van der Waals surface area contributed by atoms with Crippen molar-refractivity contribution in [2.75, 3.05) is 112 Å². The highest BCUT2D eigenvalue weighted by molar-refractivity contribution is 7.13. The van der Waals surface area contributed by atoms with Crippen molar-refractivity contribution in [2.24, 2.45) is 5.41 Å². The molecule has 2 saturated heterocycles. The van der Waals surface area contributed by atoms with Crippen LogP contribution < -0.4 is 30.2 Å². The van der Waals surface area contributed by atoms with Crippen molar-refractivity contribution in [3.8, 4) is 33.8 Å². The van der Waals surface area contributed by atoms with Crippen LogP contribution in [0.25, 0.3) is 21.3 Å². The van der Waals surface area contributed by atoms with Crippen molar-refractivity contribution < 1.29 is 47.9 Å². The van der Waals surface area contributed by atoms with Gasteiger partial charge in [0, 0.05) is 95.6 Å². The number of aliphatic hydroxyl groups is 1. The lowest BCUT2D eigenvalue weighted by Gasteiger charge is -2.35. The zero-order valence-electron chi connectivity index (χ0n) is 50.2. The molecule has 85 heavy (non-hydrogen) atoms. The minimum atomic E-state index is -0.756. The third-order valence-corrected chi connectivity index (χ3v) is 16.9. The number of aryl methyl sites for hydroxylation is 1. The normalized spacial score (nSPS) is 15.9. The third kappa shape index (κ3) is 19.8. The molecule has 7 rings (SSSR count). The molecule has 0 bridgehead atoms. The lowest BCUT2D eigenvalue weighted by Crippen LogP contribution is -2.56. The molecule has 5 aromatic rings. The highest BCUT2D eigenvalue weighted by Gasteiger charge is 2.43. The van der Waals surface area contributed by atoms with Gasteiger partial charge in [-0.25, -0.2) is 4.98 Å². The summed E-state index contributed by atoms with van der Waals surface area (Å²) in [5, 5.41) is 31.7. The van der Waals surface area contributed by atoms with Crippen LogP contribution in [0.3, 0.4) is 0 Å². The number of likely N-dealkylation sites (tertiary alicyclic amines) is 1. The summed E-state index contributed by atoms with van der Waals surface area (Å²) >= 11 is 14.4. The maximum absolute atomic E-state index is 14.0. The number of rotatable bonds is 34. The Morgan fingerprint density at radius 3 is 2.15 bits per heavy atom. The summed E-state index contributed by atoms with van der Waals surface area (Å²) < 4.78 is 34.5.